The number of hydrogen-bond donors (Lipinski definition) is 1. The molecule has 1 aromatic heterocycles. The van der Waals surface area contributed by atoms with Gasteiger partial charge in [0.1, 0.15) is 11.4 Å². The van der Waals surface area contributed by atoms with E-state index >= 15 is 0 Å². The van der Waals surface area contributed by atoms with Crippen LogP contribution < -0.4 is 5.32 Å². The highest BCUT2D eigenvalue weighted by molar-refractivity contribution is 5.45. The molecule has 0 aliphatic heterocycles. The highest BCUT2D eigenvalue weighted by Gasteiger charge is 2.28. The van der Waals surface area contributed by atoms with Crippen LogP contribution in [0.2, 0.25) is 0 Å². The van der Waals surface area contributed by atoms with Crippen molar-refractivity contribution in [3.8, 4) is 0 Å². The predicted molar refractivity (Wildman–Crippen MR) is 70.3 cm³/mol. The van der Waals surface area contributed by atoms with Crippen molar-refractivity contribution in [3.63, 3.8) is 0 Å². The first kappa shape index (κ1) is 13.9. The second kappa shape index (κ2) is 5.45. The summed E-state index contributed by atoms with van der Waals surface area (Å²) in [4.78, 5) is 9.14. The van der Waals surface area contributed by atoms with Gasteiger partial charge < -0.3 is 10.1 Å². The number of aryl methyl sites for hydroxylation is 1. The van der Waals surface area contributed by atoms with Crippen molar-refractivity contribution in [2.75, 3.05) is 19.0 Å². The maximum absolute atomic E-state index is 5.55. The van der Waals surface area contributed by atoms with Crippen molar-refractivity contribution in [2.45, 2.75) is 46.6 Å². The van der Waals surface area contributed by atoms with Crippen LogP contribution in [-0.4, -0.2) is 23.6 Å². The lowest BCUT2D eigenvalue weighted by molar-refractivity contribution is -0.00901. The number of nitrogens with zero attached hydrogens (tertiary/aromatic N) is 2. The molecule has 0 saturated heterocycles. The molecule has 0 aliphatic rings. The maximum atomic E-state index is 5.55. The van der Waals surface area contributed by atoms with Gasteiger partial charge in [-0.25, -0.2) is 9.97 Å². The van der Waals surface area contributed by atoms with Gasteiger partial charge in [-0.1, -0.05) is 6.92 Å². The number of ether oxygens (including phenoxy) is 1. The molecule has 0 radical (unpaired) electrons. The van der Waals surface area contributed by atoms with Crippen molar-refractivity contribution < 1.29 is 4.74 Å². The number of methoxy groups -OCH3 is 1. The van der Waals surface area contributed by atoms with Crippen LogP contribution in [0.1, 0.15) is 44.3 Å². The van der Waals surface area contributed by atoms with E-state index in [4.69, 9.17) is 4.74 Å². The van der Waals surface area contributed by atoms with Crippen LogP contribution in [0, 0.1) is 13.8 Å². The molecule has 1 heterocycles. The minimum atomic E-state index is -0.414. The molecule has 1 N–H and O–H groups in total. The number of rotatable bonds is 5. The molecule has 0 aliphatic carbocycles. The Bertz CT molecular complexity index is 386. The van der Waals surface area contributed by atoms with Crippen LogP contribution in [-0.2, 0) is 10.3 Å². The van der Waals surface area contributed by atoms with Crippen LogP contribution in [0.25, 0.3) is 0 Å². The molecule has 0 spiro atoms. The summed E-state index contributed by atoms with van der Waals surface area (Å²) >= 11 is 0. The van der Waals surface area contributed by atoms with Crippen molar-refractivity contribution >= 4 is 5.82 Å². The predicted octanol–water partition coefficient (Wildman–Crippen LogP) is 2.80. The van der Waals surface area contributed by atoms with Gasteiger partial charge in [-0.15, -0.1) is 0 Å². The highest BCUT2D eigenvalue weighted by Crippen LogP contribution is 2.27. The summed E-state index contributed by atoms with van der Waals surface area (Å²) in [5.41, 5.74) is 1.69. The molecule has 1 rings (SSSR count). The first-order valence-corrected chi connectivity index (χ1v) is 6.13. The lowest BCUT2D eigenvalue weighted by Gasteiger charge is -2.26. The molecule has 4 heteroatoms. The van der Waals surface area contributed by atoms with Gasteiger partial charge in [0.25, 0.3) is 0 Å². The van der Waals surface area contributed by atoms with Crippen molar-refractivity contribution in [3.05, 3.63) is 17.1 Å². The van der Waals surface area contributed by atoms with Crippen molar-refractivity contribution in [1.29, 1.82) is 0 Å². The number of aromatic nitrogens is 2. The smallest absolute Gasteiger partial charge is 0.162 e. The monoisotopic (exact) mass is 237 g/mol. The largest absolute Gasteiger partial charge is 0.371 e. The Hall–Kier alpha value is -1.16. The second-order valence-corrected chi connectivity index (χ2v) is 4.43. The minimum absolute atomic E-state index is 0.414. The quantitative estimate of drug-likeness (QED) is 0.855. The van der Waals surface area contributed by atoms with E-state index in [1.807, 2.05) is 20.8 Å². The Morgan fingerprint density at radius 1 is 1.24 bits per heavy atom. The Morgan fingerprint density at radius 3 is 2.35 bits per heavy atom. The number of anilines is 1. The van der Waals surface area contributed by atoms with E-state index in [-0.39, 0.29) is 0 Å². The summed E-state index contributed by atoms with van der Waals surface area (Å²) in [6.45, 7) is 11.1. The molecule has 0 bridgehead atoms. The normalized spacial score (nSPS) is 14.5. The van der Waals surface area contributed by atoms with Crippen LogP contribution in [0.3, 0.4) is 0 Å². The van der Waals surface area contributed by atoms with Gasteiger partial charge in [0.15, 0.2) is 5.82 Å². The van der Waals surface area contributed by atoms with E-state index in [0.717, 1.165) is 35.9 Å². The lowest BCUT2D eigenvalue weighted by Crippen LogP contribution is -2.27. The van der Waals surface area contributed by atoms with Crippen LogP contribution in [0.15, 0.2) is 0 Å². The Labute approximate surface area is 104 Å². The summed E-state index contributed by atoms with van der Waals surface area (Å²) in [6, 6.07) is 0. The number of nitrogens with one attached hydrogen (secondary N) is 1. The van der Waals surface area contributed by atoms with Crippen LogP contribution in [0.4, 0.5) is 5.82 Å². The minimum Gasteiger partial charge on any atom is -0.371 e. The van der Waals surface area contributed by atoms with Crippen LogP contribution in [0.5, 0.6) is 0 Å². The molecule has 0 fully saturated rings. The van der Waals surface area contributed by atoms with E-state index in [2.05, 4.69) is 29.1 Å². The number of hydrogen-bond acceptors (Lipinski definition) is 4. The third kappa shape index (κ3) is 2.75. The van der Waals surface area contributed by atoms with Crippen molar-refractivity contribution in [1.82, 2.24) is 9.97 Å². The topological polar surface area (TPSA) is 47.0 Å². The average Bonchev–Trinajstić information content (AvgIpc) is 2.34. The lowest BCUT2D eigenvalue weighted by atomic mass is 10.0. The zero-order chi connectivity index (χ0) is 13.1. The molecule has 1 aromatic rings. The third-order valence-electron chi connectivity index (χ3n) is 3.33. The summed E-state index contributed by atoms with van der Waals surface area (Å²) in [5.74, 6) is 1.66. The third-order valence-corrected chi connectivity index (χ3v) is 3.33. The van der Waals surface area contributed by atoms with E-state index in [1.54, 1.807) is 7.11 Å². The standard InChI is InChI=1S/C13H23N3O/c1-7-13(5,17-6)12-15-10(4)9(3)11(16-12)14-8-2/h7-8H2,1-6H3,(H,14,15,16). The van der Waals surface area contributed by atoms with E-state index in [9.17, 15) is 0 Å². The Balaban J connectivity index is 3.26. The Morgan fingerprint density at radius 2 is 1.88 bits per heavy atom. The van der Waals surface area contributed by atoms with Gasteiger partial charge in [0, 0.05) is 24.9 Å². The highest BCUT2D eigenvalue weighted by atomic mass is 16.5. The van der Waals surface area contributed by atoms with Gasteiger partial charge >= 0.3 is 0 Å². The second-order valence-electron chi connectivity index (χ2n) is 4.43. The molecule has 96 valence electrons. The summed E-state index contributed by atoms with van der Waals surface area (Å²) in [6.07, 6.45) is 0.845. The fraction of sp³-hybridized carbons (Fsp3) is 0.692. The van der Waals surface area contributed by atoms with Crippen LogP contribution >= 0.6 is 0 Å². The molecular weight excluding hydrogens is 214 g/mol. The molecule has 4 nitrogen and oxygen atoms in total. The molecule has 0 saturated carbocycles. The van der Waals surface area contributed by atoms with Gasteiger partial charge in [-0.05, 0) is 34.1 Å². The fourth-order valence-electron chi connectivity index (χ4n) is 1.60. The molecule has 1 unspecified atom stereocenters. The zero-order valence-electron chi connectivity index (χ0n) is 11.7. The SMILES string of the molecule is CCNc1nc(C(C)(CC)OC)nc(C)c1C. The molecule has 1 atom stereocenters. The van der Waals surface area contributed by atoms with Gasteiger partial charge in [-0.3, -0.25) is 0 Å². The van der Waals surface area contributed by atoms with E-state index in [0.29, 0.717) is 0 Å². The fourth-order valence-corrected chi connectivity index (χ4v) is 1.60. The molecule has 0 aromatic carbocycles. The molecule has 0 amide bonds. The Kier molecular flexibility index (Phi) is 4.46. The molecular formula is C13H23N3O. The summed E-state index contributed by atoms with van der Waals surface area (Å²) < 4.78 is 5.55. The first-order chi connectivity index (χ1) is 7.98. The van der Waals surface area contributed by atoms with Gasteiger partial charge in [-0.2, -0.15) is 0 Å². The van der Waals surface area contributed by atoms with Gasteiger partial charge in [0.05, 0.1) is 0 Å². The van der Waals surface area contributed by atoms with Crippen molar-refractivity contribution in [2.24, 2.45) is 0 Å². The van der Waals surface area contributed by atoms with Gasteiger partial charge in [0.2, 0.25) is 0 Å². The van der Waals surface area contributed by atoms with E-state index < -0.39 is 5.60 Å². The molecule has 17 heavy (non-hydrogen) atoms. The zero-order valence-corrected chi connectivity index (χ0v) is 11.7. The maximum Gasteiger partial charge on any atom is 0.162 e. The van der Waals surface area contributed by atoms with E-state index in [1.165, 1.54) is 0 Å². The first-order valence-electron chi connectivity index (χ1n) is 6.13. The average molecular weight is 237 g/mol. The summed E-state index contributed by atoms with van der Waals surface area (Å²) in [5, 5.41) is 3.27. The summed E-state index contributed by atoms with van der Waals surface area (Å²) in [7, 11) is 1.70.